The van der Waals surface area contributed by atoms with Crippen molar-refractivity contribution in [2.45, 2.75) is 32.6 Å². The lowest BCUT2D eigenvalue weighted by Gasteiger charge is -2.25. The molecule has 0 spiro atoms. The predicted octanol–water partition coefficient (Wildman–Crippen LogP) is 5.04. The van der Waals surface area contributed by atoms with Crippen molar-refractivity contribution in [3.8, 4) is 0 Å². The third kappa shape index (κ3) is 5.14. The minimum absolute atomic E-state index is 0.0219. The summed E-state index contributed by atoms with van der Waals surface area (Å²) in [6, 6.07) is 9.98. The molecule has 32 heavy (non-hydrogen) atoms. The first-order chi connectivity index (χ1) is 15.2. The van der Waals surface area contributed by atoms with Gasteiger partial charge in [-0.3, -0.25) is 9.69 Å². The first-order valence-corrected chi connectivity index (χ1v) is 13.5. The molecule has 1 heterocycles. The van der Waals surface area contributed by atoms with Gasteiger partial charge in [0.2, 0.25) is 0 Å². The van der Waals surface area contributed by atoms with E-state index in [2.05, 4.69) is 18.7 Å². The molecule has 0 aliphatic heterocycles. The van der Waals surface area contributed by atoms with Crippen molar-refractivity contribution in [1.82, 2.24) is 9.88 Å². The summed E-state index contributed by atoms with van der Waals surface area (Å²) in [7, 11) is -3.42. The van der Waals surface area contributed by atoms with E-state index in [1.807, 2.05) is 19.1 Å². The number of aryl methyl sites for hydroxylation is 1. The second-order valence-corrected chi connectivity index (χ2v) is 11.1. The molecule has 2 aromatic carbocycles. The van der Waals surface area contributed by atoms with Crippen LogP contribution in [0.25, 0.3) is 10.2 Å². The van der Waals surface area contributed by atoms with E-state index in [0.717, 1.165) is 28.9 Å². The SMILES string of the molecule is CCN(CC)CCN(C(=O)c1cccc(S(=O)(=O)CC)c1)c1nc2c(C)ccc(Cl)c2s1. The molecule has 172 valence electrons. The number of rotatable bonds is 9. The fourth-order valence-electron chi connectivity index (χ4n) is 3.42. The summed E-state index contributed by atoms with van der Waals surface area (Å²) in [5.41, 5.74) is 2.08. The van der Waals surface area contributed by atoms with Crippen molar-refractivity contribution in [2.75, 3.05) is 36.8 Å². The number of carbonyl (C=O) groups is 1. The molecule has 0 atom stereocenters. The predicted molar refractivity (Wildman–Crippen MR) is 133 cm³/mol. The number of nitrogens with zero attached hydrogens (tertiary/aromatic N) is 3. The normalized spacial score (nSPS) is 11.9. The van der Waals surface area contributed by atoms with Crippen molar-refractivity contribution in [3.63, 3.8) is 0 Å². The van der Waals surface area contributed by atoms with Crippen LogP contribution in [0.5, 0.6) is 0 Å². The van der Waals surface area contributed by atoms with Gasteiger partial charge in [-0.2, -0.15) is 0 Å². The second-order valence-electron chi connectivity index (χ2n) is 7.45. The Morgan fingerprint density at radius 3 is 2.44 bits per heavy atom. The minimum Gasteiger partial charge on any atom is -0.302 e. The average molecular weight is 494 g/mol. The number of aromatic nitrogens is 1. The van der Waals surface area contributed by atoms with E-state index in [0.29, 0.717) is 28.8 Å². The van der Waals surface area contributed by atoms with E-state index in [-0.39, 0.29) is 16.6 Å². The van der Waals surface area contributed by atoms with Crippen LogP contribution in [-0.4, -0.2) is 56.1 Å². The van der Waals surface area contributed by atoms with Crippen LogP contribution in [0.15, 0.2) is 41.3 Å². The van der Waals surface area contributed by atoms with Gasteiger partial charge < -0.3 is 4.90 Å². The fourth-order valence-corrected chi connectivity index (χ4v) is 5.68. The van der Waals surface area contributed by atoms with Gasteiger partial charge in [0, 0.05) is 18.7 Å². The summed E-state index contributed by atoms with van der Waals surface area (Å²) in [5.74, 6) is -0.301. The Balaban J connectivity index is 2.05. The van der Waals surface area contributed by atoms with Crippen molar-refractivity contribution in [1.29, 1.82) is 0 Å². The Hall–Kier alpha value is -2.00. The number of benzene rings is 2. The van der Waals surface area contributed by atoms with Crippen LogP contribution in [0.4, 0.5) is 5.13 Å². The zero-order valence-corrected chi connectivity index (χ0v) is 21.1. The highest BCUT2D eigenvalue weighted by Gasteiger charge is 2.24. The Morgan fingerprint density at radius 1 is 1.09 bits per heavy atom. The van der Waals surface area contributed by atoms with Crippen LogP contribution < -0.4 is 4.90 Å². The molecule has 0 aliphatic rings. The van der Waals surface area contributed by atoms with Crippen LogP contribution in [0.3, 0.4) is 0 Å². The number of hydrogen-bond donors (Lipinski definition) is 0. The Labute approximate surface area is 198 Å². The zero-order valence-electron chi connectivity index (χ0n) is 18.8. The van der Waals surface area contributed by atoms with Crippen LogP contribution in [0.1, 0.15) is 36.7 Å². The lowest BCUT2D eigenvalue weighted by molar-refractivity contribution is 0.0983. The van der Waals surface area contributed by atoms with Crippen LogP contribution >= 0.6 is 22.9 Å². The topological polar surface area (TPSA) is 70.6 Å². The molecule has 9 heteroatoms. The summed E-state index contributed by atoms with van der Waals surface area (Å²) >= 11 is 7.77. The molecule has 0 bridgehead atoms. The van der Waals surface area contributed by atoms with Gasteiger partial charge in [-0.1, -0.05) is 55.8 Å². The molecule has 0 unspecified atom stereocenters. The summed E-state index contributed by atoms with van der Waals surface area (Å²) < 4.78 is 25.5. The standard InChI is InChI=1S/C23H28ClN3O3S2/c1-5-26(6-2)13-14-27(23-25-20-16(4)11-12-19(24)21(20)31-23)22(28)17-9-8-10-18(15-17)32(29,30)7-3/h8-12,15H,5-7,13-14H2,1-4H3. The number of carbonyl (C=O) groups excluding carboxylic acids is 1. The molecule has 0 aliphatic carbocycles. The smallest absolute Gasteiger partial charge is 0.260 e. The highest BCUT2D eigenvalue weighted by molar-refractivity contribution is 7.91. The largest absolute Gasteiger partial charge is 0.302 e. The molecule has 3 rings (SSSR count). The number of fused-ring (bicyclic) bond motifs is 1. The maximum Gasteiger partial charge on any atom is 0.260 e. The average Bonchev–Trinajstić information content (AvgIpc) is 3.25. The molecule has 0 N–H and O–H groups in total. The van der Waals surface area contributed by atoms with Crippen molar-refractivity contribution in [3.05, 3.63) is 52.5 Å². The summed E-state index contributed by atoms with van der Waals surface area (Å²) in [6.45, 7) is 10.6. The first kappa shape index (κ1) is 24.6. The van der Waals surface area contributed by atoms with Gasteiger partial charge >= 0.3 is 0 Å². The van der Waals surface area contributed by atoms with Gasteiger partial charge in [0.05, 0.1) is 25.9 Å². The molecule has 0 fully saturated rings. The summed E-state index contributed by atoms with van der Waals surface area (Å²) in [4.78, 5) is 22.3. The lowest BCUT2D eigenvalue weighted by Crippen LogP contribution is -2.39. The van der Waals surface area contributed by atoms with E-state index in [1.54, 1.807) is 24.0 Å². The number of hydrogen-bond acceptors (Lipinski definition) is 6. The van der Waals surface area contributed by atoms with Crippen molar-refractivity contribution in [2.24, 2.45) is 0 Å². The van der Waals surface area contributed by atoms with E-state index >= 15 is 0 Å². The molecular weight excluding hydrogens is 466 g/mol. The summed E-state index contributed by atoms with van der Waals surface area (Å²) in [6.07, 6.45) is 0. The molecule has 0 saturated heterocycles. The molecule has 6 nitrogen and oxygen atoms in total. The van der Waals surface area contributed by atoms with Gasteiger partial charge in [0.1, 0.15) is 0 Å². The number of likely N-dealkylation sites (N-methyl/N-ethyl adjacent to an activating group) is 1. The Kier molecular flexibility index (Phi) is 7.92. The molecule has 1 aromatic heterocycles. The van der Waals surface area contributed by atoms with Crippen LogP contribution in [0.2, 0.25) is 5.02 Å². The monoisotopic (exact) mass is 493 g/mol. The van der Waals surface area contributed by atoms with E-state index in [1.165, 1.54) is 23.5 Å². The third-order valence-corrected chi connectivity index (χ3v) is 8.79. The van der Waals surface area contributed by atoms with Gasteiger partial charge in [-0.15, -0.1) is 0 Å². The van der Waals surface area contributed by atoms with Gasteiger partial charge in [0.25, 0.3) is 5.91 Å². The molecule has 1 amide bonds. The fraction of sp³-hybridized carbons (Fsp3) is 0.391. The Bertz CT molecular complexity index is 1180. The molecule has 0 saturated carbocycles. The third-order valence-electron chi connectivity index (χ3n) is 5.52. The van der Waals surface area contributed by atoms with Crippen LogP contribution in [-0.2, 0) is 9.84 Å². The number of halogens is 1. The highest BCUT2D eigenvalue weighted by atomic mass is 35.5. The van der Waals surface area contributed by atoms with E-state index < -0.39 is 9.84 Å². The Morgan fingerprint density at radius 2 is 1.81 bits per heavy atom. The quantitative estimate of drug-likeness (QED) is 0.417. The van der Waals surface area contributed by atoms with Crippen molar-refractivity contribution >= 4 is 54.0 Å². The van der Waals surface area contributed by atoms with Gasteiger partial charge in [0.15, 0.2) is 15.0 Å². The number of amides is 1. The van der Waals surface area contributed by atoms with Crippen LogP contribution in [0, 0.1) is 6.92 Å². The van der Waals surface area contributed by atoms with Crippen molar-refractivity contribution < 1.29 is 13.2 Å². The first-order valence-electron chi connectivity index (χ1n) is 10.6. The molecule has 0 radical (unpaired) electrons. The van der Waals surface area contributed by atoms with E-state index in [9.17, 15) is 13.2 Å². The van der Waals surface area contributed by atoms with E-state index in [4.69, 9.17) is 16.6 Å². The minimum atomic E-state index is -3.42. The van der Waals surface area contributed by atoms with Gasteiger partial charge in [-0.25, -0.2) is 13.4 Å². The lowest BCUT2D eigenvalue weighted by atomic mass is 10.2. The number of sulfone groups is 1. The maximum atomic E-state index is 13.6. The molecule has 3 aromatic rings. The number of thiazole rings is 1. The molecular formula is C23H28ClN3O3S2. The maximum absolute atomic E-state index is 13.6. The van der Waals surface area contributed by atoms with Gasteiger partial charge in [-0.05, 0) is 49.8 Å². The zero-order chi connectivity index (χ0) is 23.5. The highest BCUT2D eigenvalue weighted by Crippen LogP contribution is 2.36. The second kappa shape index (κ2) is 10.3. The number of anilines is 1. The summed E-state index contributed by atoms with van der Waals surface area (Å²) in [5, 5.41) is 1.15.